The van der Waals surface area contributed by atoms with Gasteiger partial charge in [0, 0.05) is 11.6 Å². The second-order valence-electron chi connectivity index (χ2n) is 5.39. The molecule has 0 saturated heterocycles. The number of halogens is 1. The lowest BCUT2D eigenvalue weighted by molar-refractivity contribution is -0.118. The van der Waals surface area contributed by atoms with E-state index in [2.05, 4.69) is 20.8 Å². The molecule has 0 aliphatic rings. The van der Waals surface area contributed by atoms with E-state index in [0.717, 1.165) is 17.0 Å². The Kier molecular flexibility index (Phi) is 6.92. The molecule has 0 aliphatic carbocycles. The Morgan fingerprint density at radius 1 is 1.22 bits per heavy atom. The van der Waals surface area contributed by atoms with Crippen molar-refractivity contribution in [1.29, 1.82) is 0 Å². The van der Waals surface area contributed by atoms with Crippen molar-refractivity contribution in [3.05, 3.63) is 59.1 Å². The highest BCUT2D eigenvalue weighted by Gasteiger charge is 2.10. The van der Waals surface area contributed by atoms with E-state index in [1.165, 1.54) is 23.1 Å². The fourth-order valence-corrected chi connectivity index (χ4v) is 4.01. The van der Waals surface area contributed by atoms with Gasteiger partial charge < -0.3 is 15.4 Å². The number of hydrogen-bond acceptors (Lipinski definition) is 7. The zero-order valence-corrected chi connectivity index (χ0v) is 16.8. The number of thioether (sulfide) groups is 1. The maximum Gasteiger partial charge on any atom is 0.230 e. The summed E-state index contributed by atoms with van der Waals surface area (Å²) in [6.45, 7) is 0.441. The van der Waals surface area contributed by atoms with E-state index in [4.69, 9.17) is 16.3 Å². The lowest BCUT2D eigenvalue weighted by Crippen LogP contribution is -2.24. The van der Waals surface area contributed by atoms with Gasteiger partial charge in [-0.05, 0) is 29.8 Å². The summed E-state index contributed by atoms with van der Waals surface area (Å²) in [6.07, 6.45) is 0. The fraction of sp³-hybridized carbons (Fsp3) is 0.167. The molecule has 1 amide bonds. The molecule has 6 nitrogen and oxygen atoms in total. The first kappa shape index (κ1) is 19.5. The van der Waals surface area contributed by atoms with Gasteiger partial charge in [0.1, 0.15) is 5.75 Å². The van der Waals surface area contributed by atoms with Crippen LogP contribution >= 0.6 is 34.7 Å². The van der Waals surface area contributed by atoms with Crippen LogP contribution in [0, 0.1) is 0 Å². The molecule has 0 bridgehead atoms. The largest absolute Gasteiger partial charge is 0.495 e. The maximum absolute atomic E-state index is 12.0. The predicted octanol–water partition coefficient (Wildman–Crippen LogP) is 4.35. The fourth-order valence-electron chi connectivity index (χ4n) is 2.21. The quantitative estimate of drug-likeness (QED) is 0.527. The van der Waals surface area contributed by atoms with Crippen molar-refractivity contribution >= 4 is 51.4 Å². The summed E-state index contributed by atoms with van der Waals surface area (Å²) in [5.41, 5.74) is 1.77. The molecule has 0 radical (unpaired) electrons. The van der Waals surface area contributed by atoms with Gasteiger partial charge in [0.2, 0.25) is 11.0 Å². The Balaban J connectivity index is 1.48. The molecule has 0 aliphatic heterocycles. The minimum absolute atomic E-state index is 0.0746. The number of amides is 1. The average Bonchev–Trinajstić information content (AvgIpc) is 3.12. The molecule has 2 aromatic carbocycles. The van der Waals surface area contributed by atoms with E-state index in [1.807, 2.05) is 42.5 Å². The van der Waals surface area contributed by atoms with Gasteiger partial charge in [0.25, 0.3) is 0 Å². The highest BCUT2D eigenvalue weighted by atomic mass is 35.5. The van der Waals surface area contributed by atoms with E-state index in [1.54, 1.807) is 13.2 Å². The molecule has 0 fully saturated rings. The molecule has 0 unspecified atom stereocenters. The van der Waals surface area contributed by atoms with Crippen LogP contribution in [0.4, 0.5) is 10.8 Å². The van der Waals surface area contributed by atoms with Gasteiger partial charge in [-0.25, -0.2) is 0 Å². The van der Waals surface area contributed by atoms with Gasteiger partial charge in [-0.2, -0.15) is 0 Å². The van der Waals surface area contributed by atoms with Crippen molar-refractivity contribution in [1.82, 2.24) is 15.5 Å². The summed E-state index contributed by atoms with van der Waals surface area (Å²) in [4.78, 5) is 12.0. The Hall–Kier alpha value is -2.29. The number of anilines is 2. The molecule has 0 atom stereocenters. The van der Waals surface area contributed by atoms with Crippen LogP contribution in [0.1, 0.15) is 5.56 Å². The Labute approximate surface area is 170 Å². The standard InChI is InChI=1S/C18H17ClN4O2S2/c1-25-15-8-3-2-7-14(15)21-17-22-23-18(27-17)26-11-16(24)20-10-12-5-4-6-13(19)9-12/h2-9H,10-11H2,1H3,(H,20,24)(H,21,22). The Morgan fingerprint density at radius 3 is 2.89 bits per heavy atom. The summed E-state index contributed by atoms with van der Waals surface area (Å²) in [6, 6.07) is 15.0. The van der Waals surface area contributed by atoms with Crippen molar-refractivity contribution in [3.8, 4) is 5.75 Å². The van der Waals surface area contributed by atoms with Crippen molar-refractivity contribution in [3.63, 3.8) is 0 Å². The predicted molar refractivity (Wildman–Crippen MR) is 110 cm³/mol. The number of methoxy groups -OCH3 is 1. The van der Waals surface area contributed by atoms with E-state index in [-0.39, 0.29) is 11.7 Å². The third-order valence-electron chi connectivity index (χ3n) is 3.46. The summed E-state index contributed by atoms with van der Waals surface area (Å²) >= 11 is 8.66. The van der Waals surface area contributed by atoms with Crippen molar-refractivity contribution < 1.29 is 9.53 Å². The van der Waals surface area contributed by atoms with Crippen molar-refractivity contribution in [2.75, 3.05) is 18.2 Å². The van der Waals surface area contributed by atoms with Gasteiger partial charge in [-0.1, -0.05) is 59.0 Å². The van der Waals surface area contributed by atoms with Crippen molar-refractivity contribution in [2.24, 2.45) is 0 Å². The maximum atomic E-state index is 12.0. The molecule has 140 valence electrons. The molecule has 1 aromatic heterocycles. The molecule has 1 heterocycles. The smallest absolute Gasteiger partial charge is 0.230 e. The van der Waals surface area contributed by atoms with Crippen LogP contribution in [0.2, 0.25) is 5.02 Å². The van der Waals surface area contributed by atoms with Crippen LogP contribution in [0.3, 0.4) is 0 Å². The second kappa shape index (κ2) is 9.59. The summed E-state index contributed by atoms with van der Waals surface area (Å²) in [7, 11) is 1.61. The number of aromatic nitrogens is 2. The van der Waals surface area contributed by atoms with Crippen LogP contribution in [0.25, 0.3) is 0 Å². The van der Waals surface area contributed by atoms with Crippen LogP contribution < -0.4 is 15.4 Å². The van der Waals surface area contributed by atoms with Crippen molar-refractivity contribution in [2.45, 2.75) is 10.9 Å². The highest BCUT2D eigenvalue weighted by Crippen LogP contribution is 2.31. The molecule has 3 aromatic rings. The minimum Gasteiger partial charge on any atom is -0.495 e. The number of ether oxygens (including phenoxy) is 1. The molecule has 9 heteroatoms. The third-order valence-corrected chi connectivity index (χ3v) is 5.67. The molecular formula is C18H17ClN4O2S2. The van der Waals surface area contributed by atoms with Gasteiger partial charge in [-0.3, -0.25) is 4.79 Å². The number of benzene rings is 2. The van der Waals surface area contributed by atoms with E-state index < -0.39 is 0 Å². The number of carbonyl (C=O) groups excluding carboxylic acids is 1. The van der Waals surface area contributed by atoms with Gasteiger partial charge >= 0.3 is 0 Å². The number of hydrogen-bond donors (Lipinski definition) is 2. The molecule has 27 heavy (non-hydrogen) atoms. The van der Waals surface area contributed by atoms with Gasteiger partial charge in [0.15, 0.2) is 4.34 Å². The third kappa shape index (κ3) is 5.85. The Morgan fingerprint density at radius 2 is 2.07 bits per heavy atom. The average molecular weight is 421 g/mol. The Bertz CT molecular complexity index is 920. The molecule has 0 spiro atoms. The number of nitrogens with one attached hydrogen (secondary N) is 2. The normalized spacial score (nSPS) is 10.4. The second-order valence-corrected chi connectivity index (χ2v) is 8.03. The first-order chi connectivity index (χ1) is 13.1. The van der Waals surface area contributed by atoms with Crippen LogP contribution in [-0.2, 0) is 11.3 Å². The topological polar surface area (TPSA) is 76.1 Å². The summed E-state index contributed by atoms with van der Waals surface area (Å²) in [5, 5.41) is 15.5. The number of rotatable bonds is 8. The summed E-state index contributed by atoms with van der Waals surface area (Å²) in [5.74, 6) is 0.917. The van der Waals surface area contributed by atoms with Gasteiger partial charge in [-0.15, -0.1) is 10.2 Å². The zero-order valence-electron chi connectivity index (χ0n) is 14.4. The van der Waals surface area contributed by atoms with Crippen LogP contribution in [-0.4, -0.2) is 29.0 Å². The van der Waals surface area contributed by atoms with E-state index in [0.29, 0.717) is 21.0 Å². The summed E-state index contributed by atoms with van der Waals surface area (Å²) < 4.78 is 6.01. The van der Waals surface area contributed by atoms with Crippen LogP contribution in [0.15, 0.2) is 52.9 Å². The van der Waals surface area contributed by atoms with E-state index >= 15 is 0 Å². The number of para-hydroxylation sites is 2. The zero-order chi connectivity index (χ0) is 19.1. The molecular weight excluding hydrogens is 404 g/mol. The number of nitrogens with zero attached hydrogens (tertiary/aromatic N) is 2. The lowest BCUT2D eigenvalue weighted by atomic mass is 10.2. The van der Waals surface area contributed by atoms with Crippen LogP contribution in [0.5, 0.6) is 5.75 Å². The first-order valence-corrected chi connectivity index (χ1v) is 10.2. The number of carbonyl (C=O) groups is 1. The lowest BCUT2D eigenvalue weighted by Gasteiger charge is -2.07. The molecule has 2 N–H and O–H groups in total. The molecule has 0 saturated carbocycles. The van der Waals surface area contributed by atoms with E-state index in [9.17, 15) is 4.79 Å². The highest BCUT2D eigenvalue weighted by molar-refractivity contribution is 8.01. The first-order valence-electron chi connectivity index (χ1n) is 8.01. The SMILES string of the molecule is COc1ccccc1Nc1nnc(SCC(=O)NCc2cccc(Cl)c2)s1. The monoisotopic (exact) mass is 420 g/mol. The van der Waals surface area contributed by atoms with Gasteiger partial charge in [0.05, 0.1) is 18.6 Å². The molecule has 3 rings (SSSR count). The minimum atomic E-state index is -0.0746.